The van der Waals surface area contributed by atoms with Crippen molar-refractivity contribution in [2.75, 3.05) is 11.5 Å². The number of halogens is 2. The number of ether oxygens (including phenoxy) is 1. The summed E-state index contributed by atoms with van der Waals surface area (Å²) in [6.07, 6.45) is 0. The van der Waals surface area contributed by atoms with Gasteiger partial charge >= 0.3 is 0 Å². The molecule has 0 radical (unpaired) electrons. The SMILES string of the molecule is CC(C)(C)c1ccc(Oc2c(N)cc(N)c(Cl)c2F)cc1. The maximum Gasteiger partial charge on any atom is 0.188 e. The predicted octanol–water partition coefficient (Wildman–Crippen LogP) is 4.73. The van der Waals surface area contributed by atoms with Crippen LogP contribution in [0, 0.1) is 5.82 Å². The smallest absolute Gasteiger partial charge is 0.188 e. The van der Waals surface area contributed by atoms with Crippen LogP contribution >= 0.6 is 11.6 Å². The van der Waals surface area contributed by atoms with Gasteiger partial charge in [0.05, 0.1) is 11.4 Å². The minimum Gasteiger partial charge on any atom is -0.452 e. The van der Waals surface area contributed by atoms with E-state index in [9.17, 15) is 4.39 Å². The summed E-state index contributed by atoms with van der Waals surface area (Å²) in [5.41, 5.74) is 12.7. The summed E-state index contributed by atoms with van der Waals surface area (Å²) >= 11 is 5.77. The van der Waals surface area contributed by atoms with Gasteiger partial charge in [0.1, 0.15) is 10.8 Å². The fourth-order valence-electron chi connectivity index (χ4n) is 1.89. The summed E-state index contributed by atoms with van der Waals surface area (Å²) in [6, 6.07) is 8.78. The van der Waals surface area contributed by atoms with E-state index < -0.39 is 5.82 Å². The molecule has 0 heterocycles. The van der Waals surface area contributed by atoms with Crippen LogP contribution < -0.4 is 16.2 Å². The van der Waals surface area contributed by atoms with Gasteiger partial charge in [-0.15, -0.1) is 0 Å². The summed E-state index contributed by atoms with van der Waals surface area (Å²) in [4.78, 5) is 0. The molecule has 112 valence electrons. The normalized spacial score (nSPS) is 11.5. The van der Waals surface area contributed by atoms with Crippen LogP contribution in [-0.2, 0) is 5.41 Å². The first-order valence-corrected chi connectivity index (χ1v) is 6.89. The molecule has 2 aromatic rings. The van der Waals surface area contributed by atoms with E-state index in [1.54, 1.807) is 12.1 Å². The minimum atomic E-state index is -0.755. The third-order valence-corrected chi connectivity index (χ3v) is 3.54. The molecular weight excluding hydrogens is 291 g/mol. The molecule has 0 amide bonds. The van der Waals surface area contributed by atoms with Gasteiger partial charge in [-0.3, -0.25) is 0 Å². The molecule has 0 saturated carbocycles. The molecule has 0 fully saturated rings. The molecule has 0 aromatic heterocycles. The monoisotopic (exact) mass is 308 g/mol. The Hall–Kier alpha value is -1.94. The first kappa shape index (κ1) is 15.4. The Morgan fingerprint density at radius 3 is 2.14 bits per heavy atom. The Morgan fingerprint density at radius 2 is 1.62 bits per heavy atom. The highest BCUT2D eigenvalue weighted by molar-refractivity contribution is 6.33. The number of anilines is 2. The summed E-state index contributed by atoms with van der Waals surface area (Å²) in [6.45, 7) is 6.33. The van der Waals surface area contributed by atoms with Crippen molar-refractivity contribution in [2.45, 2.75) is 26.2 Å². The zero-order chi connectivity index (χ0) is 15.8. The largest absolute Gasteiger partial charge is 0.452 e. The van der Waals surface area contributed by atoms with Crippen LogP contribution in [0.3, 0.4) is 0 Å². The van der Waals surface area contributed by atoms with Crippen LogP contribution in [0.5, 0.6) is 11.5 Å². The van der Waals surface area contributed by atoms with E-state index in [0.29, 0.717) is 5.75 Å². The Morgan fingerprint density at radius 1 is 1.05 bits per heavy atom. The average Bonchev–Trinajstić information content (AvgIpc) is 2.41. The van der Waals surface area contributed by atoms with E-state index in [1.807, 2.05) is 12.1 Å². The summed E-state index contributed by atoms with van der Waals surface area (Å²) in [5, 5.41) is -0.189. The summed E-state index contributed by atoms with van der Waals surface area (Å²) in [5.74, 6) is -0.388. The highest BCUT2D eigenvalue weighted by atomic mass is 35.5. The Bertz CT molecular complexity index is 663. The van der Waals surface area contributed by atoms with E-state index in [2.05, 4.69) is 20.8 Å². The standard InChI is InChI=1S/C16H18ClFN2O/c1-16(2,3)9-4-6-10(7-5-9)21-15-12(20)8-11(19)13(17)14(15)18/h4-8H,19-20H2,1-3H3. The third-order valence-electron chi connectivity index (χ3n) is 3.16. The van der Waals surface area contributed by atoms with Crippen LogP contribution in [0.2, 0.25) is 5.02 Å². The minimum absolute atomic E-state index is 0.0350. The highest BCUT2D eigenvalue weighted by Crippen LogP contribution is 2.38. The van der Waals surface area contributed by atoms with Gasteiger partial charge in [-0.05, 0) is 29.2 Å². The van der Waals surface area contributed by atoms with E-state index in [1.165, 1.54) is 6.07 Å². The molecule has 0 unspecified atom stereocenters. The van der Waals surface area contributed by atoms with Crippen molar-refractivity contribution in [1.82, 2.24) is 0 Å². The summed E-state index contributed by atoms with van der Waals surface area (Å²) in [7, 11) is 0. The van der Waals surface area contributed by atoms with Crippen molar-refractivity contribution in [3.8, 4) is 11.5 Å². The van der Waals surface area contributed by atoms with Gasteiger partial charge in [0.2, 0.25) is 0 Å². The van der Waals surface area contributed by atoms with Crippen molar-refractivity contribution < 1.29 is 9.13 Å². The highest BCUT2D eigenvalue weighted by Gasteiger charge is 2.17. The fraction of sp³-hybridized carbons (Fsp3) is 0.250. The molecule has 0 atom stereocenters. The lowest BCUT2D eigenvalue weighted by Crippen LogP contribution is -2.10. The molecule has 2 rings (SSSR count). The zero-order valence-corrected chi connectivity index (χ0v) is 13.0. The molecule has 0 bridgehead atoms. The van der Waals surface area contributed by atoms with Crippen molar-refractivity contribution in [3.05, 3.63) is 46.7 Å². The van der Waals surface area contributed by atoms with E-state index in [4.69, 9.17) is 27.8 Å². The maximum atomic E-state index is 14.1. The summed E-state index contributed by atoms with van der Waals surface area (Å²) < 4.78 is 19.6. The molecule has 0 aliphatic carbocycles. The molecule has 3 nitrogen and oxygen atoms in total. The second-order valence-corrected chi connectivity index (χ2v) is 6.27. The second kappa shape index (κ2) is 5.45. The zero-order valence-electron chi connectivity index (χ0n) is 12.2. The number of nitrogens with two attached hydrogens (primary N) is 2. The van der Waals surface area contributed by atoms with Crippen molar-refractivity contribution in [1.29, 1.82) is 0 Å². The first-order chi connectivity index (χ1) is 9.70. The van der Waals surface area contributed by atoms with Crippen LogP contribution in [0.4, 0.5) is 15.8 Å². The Balaban J connectivity index is 2.33. The van der Waals surface area contributed by atoms with Crippen molar-refractivity contribution >= 4 is 23.0 Å². The van der Waals surface area contributed by atoms with Gasteiger partial charge in [-0.25, -0.2) is 4.39 Å². The van der Waals surface area contributed by atoms with Crippen LogP contribution in [0.15, 0.2) is 30.3 Å². The number of nitrogen functional groups attached to an aromatic ring is 2. The first-order valence-electron chi connectivity index (χ1n) is 6.51. The number of hydrogen-bond acceptors (Lipinski definition) is 3. The van der Waals surface area contributed by atoms with Crippen molar-refractivity contribution in [3.63, 3.8) is 0 Å². The maximum absolute atomic E-state index is 14.1. The number of benzene rings is 2. The molecule has 4 N–H and O–H groups in total. The molecule has 5 heteroatoms. The average molecular weight is 309 g/mol. The van der Waals surface area contributed by atoms with Crippen molar-refractivity contribution in [2.24, 2.45) is 0 Å². The van der Waals surface area contributed by atoms with Gasteiger partial charge in [-0.1, -0.05) is 44.5 Å². The molecule has 2 aromatic carbocycles. The lowest BCUT2D eigenvalue weighted by atomic mass is 9.87. The Kier molecular flexibility index (Phi) is 4.01. The van der Waals surface area contributed by atoms with Gasteiger partial charge in [0.25, 0.3) is 0 Å². The third kappa shape index (κ3) is 3.22. The topological polar surface area (TPSA) is 61.3 Å². The van der Waals surface area contributed by atoms with E-state index >= 15 is 0 Å². The predicted molar refractivity (Wildman–Crippen MR) is 85.5 cm³/mol. The Labute approximate surface area is 128 Å². The fourth-order valence-corrected chi connectivity index (χ4v) is 2.03. The number of hydrogen-bond donors (Lipinski definition) is 2. The lowest BCUT2D eigenvalue weighted by Gasteiger charge is -2.19. The van der Waals surface area contributed by atoms with E-state index in [0.717, 1.165) is 5.56 Å². The molecule has 0 spiro atoms. The van der Waals surface area contributed by atoms with Crippen LogP contribution in [0.25, 0.3) is 0 Å². The molecule has 0 saturated heterocycles. The van der Waals surface area contributed by atoms with Crippen LogP contribution in [0.1, 0.15) is 26.3 Å². The number of rotatable bonds is 2. The van der Waals surface area contributed by atoms with Gasteiger partial charge in [0, 0.05) is 0 Å². The molecular formula is C16H18ClFN2O. The van der Waals surface area contributed by atoms with E-state index in [-0.39, 0.29) is 27.6 Å². The quantitative estimate of drug-likeness (QED) is 0.788. The van der Waals surface area contributed by atoms with Gasteiger partial charge < -0.3 is 16.2 Å². The second-order valence-electron chi connectivity index (χ2n) is 5.89. The lowest BCUT2D eigenvalue weighted by molar-refractivity contribution is 0.444. The van der Waals surface area contributed by atoms with Gasteiger partial charge in [-0.2, -0.15) is 0 Å². The van der Waals surface area contributed by atoms with Crippen LogP contribution in [-0.4, -0.2) is 0 Å². The molecule has 0 aliphatic heterocycles. The molecule has 0 aliphatic rings. The van der Waals surface area contributed by atoms with Gasteiger partial charge in [0.15, 0.2) is 11.6 Å². The molecule has 21 heavy (non-hydrogen) atoms.